The number of rotatable bonds is 6. The topological polar surface area (TPSA) is 91.2 Å². The zero-order valence-corrected chi connectivity index (χ0v) is 19.8. The molecule has 0 bridgehead atoms. The predicted molar refractivity (Wildman–Crippen MR) is 124 cm³/mol. The van der Waals surface area contributed by atoms with Crippen molar-refractivity contribution in [3.8, 4) is 11.8 Å². The average molecular weight is 530 g/mol. The van der Waals surface area contributed by atoms with E-state index in [0.29, 0.717) is 16.3 Å². The van der Waals surface area contributed by atoms with Crippen LogP contribution in [-0.4, -0.2) is 24.7 Å². The van der Waals surface area contributed by atoms with E-state index in [2.05, 4.69) is 16.7 Å². The molecule has 0 spiro atoms. The number of carbonyl (C=O) groups is 2. The van der Waals surface area contributed by atoms with Gasteiger partial charge in [-0.05, 0) is 35.9 Å². The van der Waals surface area contributed by atoms with Crippen LogP contribution in [0, 0.1) is 11.3 Å². The highest BCUT2D eigenvalue weighted by Crippen LogP contribution is 2.39. The van der Waals surface area contributed by atoms with Crippen molar-refractivity contribution in [2.45, 2.75) is 18.5 Å². The second kappa shape index (κ2) is 10.6. The van der Waals surface area contributed by atoms with Gasteiger partial charge in [0.1, 0.15) is 5.75 Å². The molecule has 1 heterocycles. The zero-order valence-electron chi connectivity index (χ0n) is 17.4. The number of carbonyl (C=O) groups excluding carboxylic acids is 2. The summed E-state index contributed by atoms with van der Waals surface area (Å²) in [6.45, 7) is 0. The second-order valence-electron chi connectivity index (χ2n) is 7.08. The minimum absolute atomic E-state index is 0.00675. The van der Waals surface area contributed by atoms with Crippen LogP contribution in [-0.2, 0) is 15.8 Å². The van der Waals surface area contributed by atoms with E-state index < -0.39 is 28.6 Å². The van der Waals surface area contributed by atoms with E-state index >= 15 is 0 Å². The van der Waals surface area contributed by atoms with E-state index in [1.807, 2.05) is 0 Å². The molecule has 2 aromatic carbocycles. The number of benzene rings is 2. The maximum absolute atomic E-state index is 13.0. The summed E-state index contributed by atoms with van der Waals surface area (Å²) in [5.41, 5.74) is -0.296. The van der Waals surface area contributed by atoms with Crippen LogP contribution in [0.5, 0.6) is 5.75 Å². The van der Waals surface area contributed by atoms with Gasteiger partial charge in [0.2, 0.25) is 11.8 Å². The lowest BCUT2D eigenvalue weighted by Crippen LogP contribution is -2.31. The normalized spacial score (nSPS) is 16.0. The molecule has 0 saturated heterocycles. The molecule has 0 aromatic heterocycles. The lowest BCUT2D eigenvalue weighted by atomic mass is 9.87. The van der Waals surface area contributed by atoms with Gasteiger partial charge in [0, 0.05) is 18.0 Å². The van der Waals surface area contributed by atoms with E-state index in [9.17, 15) is 28.0 Å². The number of methoxy groups -OCH3 is 1. The quantitative estimate of drug-likeness (QED) is 0.498. The van der Waals surface area contributed by atoms with Gasteiger partial charge < -0.3 is 15.4 Å². The predicted octanol–water partition coefficient (Wildman–Crippen LogP) is 5.73. The van der Waals surface area contributed by atoms with E-state index in [0.717, 1.165) is 23.9 Å². The first-order valence-electron chi connectivity index (χ1n) is 9.60. The Morgan fingerprint density at radius 3 is 2.62 bits per heavy atom. The highest BCUT2D eigenvalue weighted by atomic mass is 35.5. The monoisotopic (exact) mass is 529 g/mol. The third kappa shape index (κ3) is 5.97. The molecule has 34 heavy (non-hydrogen) atoms. The van der Waals surface area contributed by atoms with Crippen LogP contribution in [0.3, 0.4) is 0 Å². The second-order valence-corrected chi connectivity index (χ2v) is 8.88. The minimum atomic E-state index is -4.68. The van der Waals surface area contributed by atoms with Crippen LogP contribution in [0.4, 0.5) is 18.9 Å². The molecular weight excluding hydrogens is 514 g/mol. The van der Waals surface area contributed by atoms with Crippen molar-refractivity contribution < 1.29 is 27.5 Å². The molecule has 6 nitrogen and oxygen atoms in total. The van der Waals surface area contributed by atoms with E-state index in [1.54, 1.807) is 18.2 Å². The lowest BCUT2D eigenvalue weighted by molar-refractivity contribution is -0.137. The molecular formula is C22H16Cl2F3N3O3S. The number of nitrogens with one attached hydrogen (secondary N) is 2. The van der Waals surface area contributed by atoms with Gasteiger partial charge in [-0.1, -0.05) is 41.0 Å². The summed E-state index contributed by atoms with van der Waals surface area (Å²) in [6.07, 6.45) is -4.67. The Hall–Kier alpha value is -2.87. The fourth-order valence-corrected chi connectivity index (χ4v) is 4.64. The number of ether oxygens (including phenoxy) is 1. The highest BCUT2D eigenvalue weighted by molar-refractivity contribution is 8.03. The van der Waals surface area contributed by atoms with Gasteiger partial charge in [-0.3, -0.25) is 9.59 Å². The average Bonchev–Trinajstić information content (AvgIpc) is 2.77. The third-order valence-electron chi connectivity index (χ3n) is 4.84. The molecule has 0 saturated carbocycles. The summed E-state index contributed by atoms with van der Waals surface area (Å²) in [4.78, 5) is 24.6. The molecule has 1 aliphatic heterocycles. The Bertz CT molecular complexity index is 1210. The highest BCUT2D eigenvalue weighted by Gasteiger charge is 2.34. The van der Waals surface area contributed by atoms with Gasteiger partial charge in [-0.2, -0.15) is 18.4 Å². The first-order valence-corrected chi connectivity index (χ1v) is 11.3. The Morgan fingerprint density at radius 2 is 2.00 bits per heavy atom. The molecule has 0 unspecified atom stereocenters. The Labute approximate surface area is 207 Å². The molecule has 2 amide bonds. The van der Waals surface area contributed by atoms with Gasteiger partial charge in [0.25, 0.3) is 0 Å². The van der Waals surface area contributed by atoms with E-state index in [1.165, 1.54) is 13.2 Å². The number of hydrogen-bond donors (Lipinski definition) is 2. The standard InChI is InChI=1S/C22H16Cl2F3N3O3S/c1-33-18-5-2-11(6-17(18)24)13-8-19(31)30-21(14(13)9-28)34-10-20(32)29-12-3-4-16(23)15(7-12)22(25,26)27/h2-7,13H,8,10H2,1H3,(H,29,32)(H,30,31)/t13-/m1/s1. The van der Waals surface area contributed by atoms with Crippen LogP contribution in [0.1, 0.15) is 23.5 Å². The molecule has 3 rings (SSSR count). The van der Waals surface area contributed by atoms with Gasteiger partial charge in [0.05, 0.1) is 45.1 Å². The Kier molecular flexibility index (Phi) is 8.02. The van der Waals surface area contributed by atoms with Crippen molar-refractivity contribution in [1.29, 1.82) is 5.26 Å². The molecule has 2 N–H and O–H groups in total. The van der Waals surface area contributed by atoms with Gasteiger partial charge in [0.15, 0.2) is 0 Å². The lowest BCUT2D eigenvalue weighted by Gasteiger charge is -2.25. The maximum atomic E-state index is 13.0. The fourth-order valence-electron chi connectivity index (χ4n) is 3.27. The van der Waals surface area contributed by atoms with Crippen LogP contribution in [0.2, 0.25) is 10.0 Å². The maximum Gasteiger partial charge on any atom is 0.417 e. The van der Waals surface area contributed by atoms with Crippen molar-refractivity contribution >= 4 is 52.5 Å². The number of anilines is 1. The molecule has 0 fully saturated rings. The van der Waals surface area contributed by atoms with Crippen molar-refractivity contribution in [2.24, 2.45) is 0 Å². The minimum Gasteiger partial charge on any atom is -0.495 e. The summed E-state index contributed by atoms with van der Waals surface area (Å²) in [7, 11) is 1.46. The number of hydrogen-bond acceptors (Lipinski definition) is 5. The number of allylic oxidation sites excluding steroid dienone is 1. The number of amides is 2. The van der Waals surface area contributed by atoms with Crippen LogP contribution in [0.25, 0.3) is 0 Å². The van der Waals surface area contributed by atoms with Crippen LogP contribution < -0.4 is 15.4 Å². The number of nitrogens with zero attached hydrogens (tertiary/aromatic N) is 1. The van der Waals surface area contributed by atoms with Crippen molar-refractivity contribution in [3.63, 3.8) is 0 Å². The number of thioether (sulfide) groups is 1. The smallest absolute Gasteiger partial charge is 0.417 e. The molecule has 12 heteroatoms. The molecule has 0 radical (unpaired) electrons. The number of alkyl halides is 3. The first kappa shape index (κ1) is 25.7. The summed E-state index contributed by atoms with van der Waals surface area (Å²) in [5.74, 6) is -1.39. The first-order chi connectivity index (χ1) is 16.0. The zero-order chi connectivity index (χ0) is 25.0. The molecule has 0 aliphatic carbocycles. The van der Waals surface area contributed by atoms with Gasteiger partial charge in [-0.15, -0.1) is 0 Å². The molecule has 2 aromatic rings. The third-order valence-corrected chi connectivity index (χ3v) is 6.48. The Morgan fingerprint density at radius 1 is 1.26 bits per heavy atom. The summed E-state index contributed by atoms with van der Waals surface area (Å²) in [6, 6.07) is 10.0. The summed E-state index contributed by atoms with van der Waals surface area (Å²) >= 11 is 12.7. The largest absolute Gasteiger partial charge is 0.495 e. The van der Waals surface area contributed by atoms with Crippen molar-refractivity contribution in [2.75, 3.05) is 18.2 Å². The fraction of sp³-hybridized carbons (Fsp3) is 0.227. The van der Waals surface area contributed by atoms with Crippen molar-refractivity contribution in [1.82, 2.24) is 5.32 Å². The van der Waals surface area contributed by atoms with Crippen LogP contribution >= 0.6 is 35.0 Å². The van der Waals surface area contributed by atoms with Gasteiger partial charge in [-0.25, -0.2) is 0 Å². The summed E-state index contributed by atoms with van der Waals surface area (Å²) < 4.78 is 44.2. The number of halogens is 5. The van der Waals surface area contributed by atoms with Crippen molar-refractivity contribution in [3.05, 3.63) is 68.2 Å². The van der Waals surface area contributed by atoms with E-state index in [4.69, 9.17) is 27.9 Å². The molecule has 1 aliphatic rings. The van der Waals surface area contributed by atoms with E-state index in [-0.39, 0.29) is 34.4 Å². The molecule has 178 valence electrons. The summed E-state index contributed by atoms with van der Waals surface area (Å²) in [5, 5.41) is 14.7. The Balaban J connectivity index is 1.77. The SMILES string of the molecule is COc1ccc([C@H]2CC(=O)NC(SCC(=O)Nc3ccc(Cl)c(C(F)(F)F)c3)=C2C#N)cc1Cl. The van der Waals surface area contributed by atoms with Gasteiger partial charge >= 0.3 is 6.18 Å². The molecule has 1 atom stereocenters. The van der Waals surface area contributed by atoms with Crippen LogP contribution in [0.15, 0.2) is 47.0 Å². The number of nitriles is 1.